The number of aromatic nitrogens is 5. The van der Waals surface area contributed by atoms with E-state index < -0.39 is 0 Å². The monoisotopic (exact) mass is 363 g/mol. The molecule has 138 valence electrons. The normalized spacial score (nSPS) is 16.9. The van der Waals surface area contributed by atoms with Crippen LogP contribution in [0.1, 0.15) is 25.8 Å². The van der Waals surface area contributed by atoms with Crippen LogP contribution in [0.3, 0.4) is 0 Å². The van der Waals surface area contributed by atoms with E-state index in [1.807, 2.05) is 41.2 Å². The van der Waals surface area contributed by atoms with Gasteiger partial charge in [-0.2, -0.15) is 0 Å². The second kappa shape index (κ2) is 7.53. The number of hydrogen-bond donors (Lipinski definition) is 1. The van der Waals surface area contributed by atoms with Crippen molar-refractivity contribution in [2.75, 3.05) is 23.3 Å². The van der Waals surface area contributed by atoms with Crippen LogP contribution in [0.15, 0.2) is 48.9 Å². The van der Waals surface area contributed by atoms with E-state index in [4.69, 9.17) is 0 Å². The maximum absolute atomic E-state index is 11.1. The summed E-state index contributed by atoms with van der Waals surface area (Å²) >= 11 is 0. The summed E-state index contributed by atoms with van der Waals surface area (Å²) in [6.07, 6.45) is 7.62. The Balaban J connectivity index is 1.48. The summed E-state index contributed by atoms with van der Waals surface area (Å²) < 4.78 is 1.94. The lowest BCUT2D eigenvalue weighted by atomic mass is 10.1. The summed E-state index contributed by atoms with van der Waals surface area (Å²) in [5, 5.41) is 11.4. The van der Waals surface area contributed by atoms with E-state index in [2.05, 4.69) is 30.5 Å². The number of benzene rings is 1. The molecule has 8 heteroatoms. The molecule has 3 heterocycles. The zero-order chi connectivity index (χ0) is 18.6. The Bertz CT molecular complexity index is 907. The molecule has 0 spiro atoms. The topological polar surface area (TPSA) is 88.8 Å². The lowest BCUT2D eigenvalue weighted by Crippen LogP contribution is -2.37. The quantitative estimate of drug-likeness (QED) is 0.766. The van der Waals surface area contributed by atoms with Gasteiger partial charge in [0, 0.05) is 43.7 Å². The van der Waals surface area contributed by atoms with Crippen LogP contribution in [0.25, 0.3) is 11.3 Å². The van der Waals surface area contributed by atoms with Gasteiger partial charge >= 0.3 is 0 Å². The van der Waals surface area contributed by atoms with Crippen molar-refractivity contribution in [2.45, 2.75) is 25.8 Å². The molecule has 0 bridgehead atoms. The highest BCUT2D eigenvalue weighted by Gasteiger charge is 2.24. The summed E-state index contributed by atoms with van der Waals surface area (Å²) in [5.41, 5.74) is 2.55. The first-order chi connectivity index (χ1) is 13.2. The minimum absolute atomic E-state index is 0.0852. The van der Waals surface area contributed by atoms with Gasteiger partial charge in [-0.25, -0.2) is 14.6 Å². The third kappa shape index (κ3) is 3.94. The molecule has 4 rings (SSSR count). The molecule has 1 aromatic carbocycles. The van der Waals surface area contributed by atoms with Gasteiger partial charge in [0.2, 0.25) is 11.9 Å². The van der Waals surface area contributed by atoms with E-state index in [9.17, 15) is 4.79 Å². The lowest BCUT2D eigenvalue weighted by Gasteiger charge is -2.32. The van der Waals surface area contributed by atoms with E-state index in [0.29, 0.717) is 0 Å². The molecular formula is C19H21N7O. The maximum Gasteiger partial charge on any atom is 0.225 e. The molecule has 1 fully saturated rings. The van der Waals surface area contributed by atoms with E-state index in [1.54, 1.807) is 12.4 Å². The van der Waals surface area contributed by atoms with Crippen molar-refractivity contribution in [2.24, 2.45) is 0 Å². The van der Waals surface area contributed by atoms with Crippen LogP contribution in [0.2, 0.25) is 0 Å². The lowest BCUT2D eigenvalue weighted by molar-refractivity contribution is -0.114. The van der Waals surface area contributed by atoms with E-state index in [-0.39, 0.29) is 11.9 Å². The second-order valence-electron chi connectivity index (χ2n) is 6.63. The van der Waals surface area contributed by atoms with Crippen LogP contribution in [0.4, 0.5) is 11.6 Å². The molecule has 1 amide bonds. The number of nitrogens with one attached hydrogen (secondary N) is 1. The number of piperidine rings is 1. The average molecular weight is 363 g/mol. The summed E-state index contributed by atoms with van der Waals surface area (Å²) in [4.78, 5) is 22.0. The molecule has 0 aliphatic carbocycles. The molecule has 8 nitrogen and oxygen atoms in total. The highest BCUT2D eigenvalue weighted by molar-refractivity contribution is 5.88. The van der Waals surface area contributed by atoms with E-state index in [0.717, 1.165) is 48.8 Å². The fourth-order valence-electron chi connectivity index (χ4n) is 3.32. The Morgan fingerprint density at radius 1 is 1.19 bits per heavy atom. The molecule has 1 aliphatic rings. The molecule has 1 N–H and O–H groups in total. The van der Waals surface area contributed by atoms with Crippen LogP contribution < -0.4 is 10.2 Å². The number of amides is 1. The largest absolute Gasteiger partial charge is 0.339 e. The summed E-state index contributed by atoms with van der Waals surface area (Å²) in [6.45, 7) is 3.26. The van der Waals surface area contributed by atoms with Crippen LogP contribution in [-0.2, 0) is 4.79 Å². The molecule has 1 unspecified atom stereocenters. The summed E-state index contributed by atoms with van der Waals surface area (Å²) in [7, 11) is 0. The van der Waals surface area contributed by atoms with Crippen molar-refractivity contribution < 1.29 is 4.79 Å². The number of anilines is 2. The number of hydrogen-bond acceptors (Lipinski definition) is 6. The standard InChI is InChI=1S/C19H21N7O/c1-14(27)22-16-7-5-15(6-8-16)18-13-26(24-23-18)17-4-2-11-25(12-17)19-20-9-3-10-21-19/h3,5-10,13,17H,2,4,11-12H2,1H3,(H,22,27). The minimum Gasteiger partial charge on any atom is -0.339 e. The predicted octanol–water partition coefficient (Wildman–Crippen LogP) is 2.54. The Morgan fingerprint density at radius 3 is 2.70 bits per heavy atom. The van der Waals surface area contributed by atoms with E-state index in [1.165, 1.54) is 6.92 Å². The van der Waals surface area contributed by atoms with Crippen molar-refractivity contribution in [3.63, 3.8) is 0 Å². The van der Waals surface area contributed by atoms with Crippen LogP contribution >= 0.6 is 0 Å². The number of rotatable bonds is 4. The van der Waals surface area contributed by atoms with Crippen molar-refractivity contribution >= 4 is 17.5 Å². The van der Waals surface area contributed by atoms with Crippen molar-refractivity contribution in [3.05, 3.63) is 48.9 Å². The van der Waals surface area contributed by atoms with Gasteiger partial charge in [-0.05, 0) is 31.0 Å². The fraction of sp³-hybridized carbons (Fsp3) is 0.316. The van der Waals surface area contributed by atoms with Crippen molar-refractivity contribution in [1.29, 1.82) is 0 Å². The number of nitrogens with zero attached hydrogens (tertiary/aromatic N) is 6. The fourth-order valence-corrected chi connectivity index (χ4v) is 3.32. The Morgan fingerprint density at radius 2 is 1.96 bits per heavy atom. The summed E-state index contributed by atoms with van der Waals surface area (Å²) in [5.74, 6) is 0.675. The summed E-state index contributed by atoms with van der Waals surface area (Å²) in [6, 6.07) is 9.67. The third-order valence-electron chi connectivity index (χ3n) is 4.62. The molecule has 0 saturated carbocycles. The highest BCUT2D eigenvalue weighted by Crippen LogP contribution is 2.25. The zero-order valence-electron chi connectivity index (χ0n) is 15.1. The van der Waals surface area contributed by atoms with Crippen LogP contribution in [0.5, 0.6) is 0 Å². The zero-order valence-corrected chi connectivity index (χ0v) is 15.1. The Kier molecular flexibility index (Phi) is 4.78. The molecule has 1 atom stereocenters. The first-order valence-corrected chi connectivity index (χ1v) is 9.01. The molecule has 1 saturated heterocycles. The van der Waals surface area contributed by atoms with Crippen LogP contribution in [-0.4, -0.2) is 44.0 Å². The smallest absolute Gasteiger partial charge is 0.225 e. The van der Waals surface area contributed by atoms with Gasteiger partial charge in [0.05, 0.1) is 12.2 Å². The van der Waals surface area contributed by atoms with Gasteiger partial charge in [-0.1, -0.05) is 17.3 Å². The molecule has 1 aliphatic heterocycles. The van der Waals surface area contributed by atoms with Crippen LogP contribution in [0, 0.1) is 0 Å². The van der Waals surface area contributed by atoms with Gasteiger partial charge in [-0.15, -0.1) is 5.10 Å². The first-order valence-electron chi connectivity index (χ1n) is 9.01. The minimum atomic E-state index is -0.0852. The predicted molar refractivity (Wildman–Crippen MR) is 102 cm³/mol. The van der Waals surface area contributed by atoms with Gasteiger partial charge in [0.25, 0.3) is 0 Å². The van der Waals surface area contributed by atoms with Crippen molar-refractivity contribution in [1.82, 2.24) is 25.0 Å². The Labute approximate surface area is 157 Å². The van der Waals surface area contributed by atoms with Crippen molar-refractivity contribution in [3.8, 4) is 11.3 Å². The highest BCUT2D eigenvalue weighted by atomic mass is 16.1. The number of carbonyl (C=O) groups is 1. The molecule has 2 aromatic heterocycles. The maximum atomic E-state index is 11.1. The molecule has 3 aromatic rings. The average Bonchev–Trinajstić information content (AvgIpc) is 3.19. The molecule has 27 heavy (non-hydrogen) atoms. The third-order valence-corrected chi connectivity index (χ3v) is 4.62. The Hall–Kier alpha value is -3.29. The molecule has 0 radical (unpaired) electrons. The SMILES string of the molecule is CC(=O)Nc1ccc(-c2cn(C3CCCN(c4ncccn4)C3)nn2)cc1. The van der Waals surface area contributed by atoms with Gasteiger partial charge in [-0.3, -0.25) is 4.79 Å². The number of carbonyl (C=O) groups excluding carboxylic acids is 1. The first kappa shape index (κ1) is 17.1. The molecular weight excluding hydrogens is 342 g/mol. The van der Waals surface area contributed by atoms with Gasteiger partial charge < -0.3 is 10.2 Å². The van der Waals surface area contributed by atoms with Gasteiger partial charge in [0.1, 0.15) is 5.69 Å². The van der Waals surface area contributed by atoms with Gasteiger partial charge in [0.15, 0.2) is 0 Å². The van der Waals surface area contributed by atoms with E-state index >= 15 is 0 Å². The second-order valence-corrected chi connectivity index (χ2v) is 6.63.